The summed E-state index contributed by atoms with van der Waals surface area (Å²) in [6, 6.07) is 8.35. The molecule has 1 saturated heterocycles. The van der Waals surface area contributed by atoms with Crippen LogP contribution in [0.3, 0.4) is 0 Å². The number of nitrogens with zero attached hydrogens (tertiary/aromatic N) is 1. The predicted octanol–water partition coefficient (Wildman–Crippen LogP) is 3.09. The van der Waals surface area contributed by atoms with Gasteiger partial charge in [0.25, 0.3) is 0 Å². The van der Waals surface area contributed by atoms with E-state index < -0.39 is 0 Å². The number of hydrogen-bond donors (Lipinski definition) is 2. The highest BCUT2D eigenvalue weighted by atomic mass is 127. The van der Waals surface area contributed by atoms with Crippen molar-refractivity contribution in [3.63, 3.8) is 0 Å². The Hall–Kier alpha value is -0.900. The van der Waals surface area contributed by atoms with Crippen molar-refractivity contribution >= 4 is 29.9 Å². The SMILES string of the molecule is CCCOCc1ccccc1CNC(=NC)NCCCOC1CCOC1.I. The van der Waals surface area contributed by atoms with Gasteiger partial charge in [-0.3, -0.25) is 4.99 Å². The fourth-order valence-corrected chi connectivity index (χ4v) is 2.77. The molecule has 0 bridgehead atoms. The standard InChI is InChI=1S/C20H33N3O3.HI/c1-3-11-24-15-18-8-5-4-7-17(18)14-23-20(21-2)22-10-6-12-26-19-9-13-25-16-19;/h4-5,7-8,19H,3,6,9-16H2,1-2H3,(H2,21,22,23);1H. The van der Waals surface area contributed by atoms with Crippen LogP contribution in [0.2, 0.25) is 0 Å². The van der Waals surface area contributed by atoms with E-state index in [1.54, 1.807) is 7.05 Å². The van der Waals surface area contributed by atoms with Gasteiger partial charge >= 0.3 is 0 Å². The zero-order valence-electron chi connectivity index (χ0n) is 16.5. The van der Waals surface area contributed by atoms with Crippen LogP contribution in [-0.2, 0) is 27.4 Å². The maximum absolute atomic E-state index is 5.77. The highest BCUT2D eigenvalue weighted by Gasteiger charge is 2.15. The van der Waals surface area contributed by atoms with Gasteiger partial charge in [0.1, 0.15) is 0 Å². The number of hydrogen-bond acceptors (Lipinski definition) is 4. The first-order valence-electron chi connectivity index (χ1n) is 9.62. The monoisotopic (exact) mass is 491 g/mol. The lowest BCUT2D eigenvalue weighted by atomic mass is 10.1. The Bertz CT molecular complexity index is 537. The molecule has 1 aromatic rings. The van der Waals surface area contributed by atoms with Gasteiger partial charge in [-0.25, -0.2) is 0 Å². The molecule has 6 nitrogen and oxygen atoms in total. The second-order valence-electron chi connectivity index (χ2n) is 6.38. The molecule has 1 aliphatic rings. The molecule has 1 atom stereocenters. The normalized spacial score (nSPS) is 16.8. The third-order valence-electron chi connectivity index (χ3n) is 4.25. The molecule has 0 radical (unpaired) electrons. The van der Waals surface area contributed by atoms with Crippen molar-refractivity contribution in [2.45, 2.75) is 45.4 Å². The molecule has 0 aromatic heterocycles. The zero-order valence-corrected chi connectivity index (χ0v) is 18.9. The molecule has 0 spiro atoms. The molecule has 1 heterocycles. The van der Waals surface area contributed by atoms with Gasteiger partial charge in [0, 0.05) is 40.0 Å². The Morgan fingerprint density at radius 3 is 2.74 bits per heavy atom. The topological polar surface area (TPSA) is 64.1 Å². The predicted molar refractivity (Wildman–Crippen MR) is 120 cm³/mol. The van der Waals surface area contributed by atoms with E-state index >= 15 is 0 Å². The average molecular weight is 491 g/mol. The molecule has 0 aliphatic carbocycles. The molecular weight excluding hydrogens is 457 g/mol. The van der Waals surface area contributed by atoms with E-state index in [2.05, 4.69) is 46.8 Å². The number of guanidine groups is 1. The summed E-state index contributed by atoms with van der Waals surface area (Å²) in [6.45, 7) is 7.42. The minimum Gasteiger partial charge on any atom is -0.379 e. The second kappa shape index (κ2) is 15.1. The van der Waals surface area contributed by atoms with Crippen LogP contribution in [0.15, 0.2) is 29.3 Å². The largest absolute Gasteiger partial charge is 0.379 e. The Morgan fingerprint density at radius 1 is 1.22 bits per heavy atom. The van der Waals surface area contributed by atoms with E-state index in [0.717, 1.165) is 64.7 Å². The first kappa shape index (κ1) is 24.1. The van der Waals surface area contributed by atoms with Gasteiger partial charge in [0.2, 0.25) is 0 Å². The van der Waals surface area contributed by atoms with Crippen LogP contribution >= 0.6 is 24.0 Å². The van der Waals surface area contributed by atoms with Crippen molar-refractivity contribution in [3.8, 4) is 0 Å². The molecule has 1 aromatic carbocycles. The van der Waals surface area contributed by atoms with Crippen LogP contribution in [0.5, 0.6) is 0 Å². The molecule has 1 fully saturated rings. The number of nitrogens with one attached hydrogen (secondary N) is 2. The molecule has 2 rings (SSSR count). The average Bonchev–Trinajstić information content (AvgIpc) is 3.18. The van der Waals surface area contributed by atoms with E-state index in [0.29, 0.717) is 6.61 Å². The number of halogens is 1. The summed E-state index contributed by atoms with van der Waals surface area (Å²) in [6.07, 6.45) is 3.27. The minimum absolute atomic E-state index is 0. The molecule has 0 amide bonds. The van der Waals surface area contributed by atoms with Crippen molar-refractivity contribution in [2.24, 2.45) is 4.99 Å². The molecule has 7 heteroatoms. The van der Waals surface area contributed by atoms with Gasteiger partial charge < -0.3 is 24.8 Å². The maximum atomic E-state index is 5.77. The lowest BCUT2D eigenvalue weighted by Crippen LogP contribution is -2.37. The van der Waals surface area contributed by atoms with Crippen LogP contribution in [0.25, 0.3) is 0 Å². The Morgan fingerprint density at radius 2 is 2.04 bits per heavy atom. The van der Waals surface area contributed by atoms with Gasteiger partial charge in [-0.15, -0.1) is 24.0 Å². The Labute approximate surface area is 180 Å². The van der Waals surface area contributed by atoms with Gasteiger partial charge in [-0.05, 0) is 30.4 Å². The van der Waals surface area contributed by atoms with Crippen LogP contribution in [-0.4, -0.2) is 52.1 Å². The van der Waals surface area contributed by atoms with Crippen molar-refractivity contribution in [2.75, 3.05) is 40.0 Å². The fourth-order valence-electron chi connectivity index (χ4n) is 2.77. The summed E-state index contributed by atoms with van der Waals surface area (Å²) in [5, 5.41) is 6.70. The van der Waals surface area contributed by atoms with Crippen LogP contribution in [0.1, 0.15) is 37.3 Å². The quantitative estimate of drug-likeness (QED) is 0.216. The molecule has 0 saturated carbocycles. The van der Waals surface area contributed by atoms with Gasteiger partial charge in [-0.2, -0.15) is 0 Å². The molecule has 2 N–H and O–H groups in total. The Balaban J connectivity index is 0.00000364. The van der Waals surface area contributed by atoms with E-state index in [9.17, 15) is 0 Å². The smallest absolute Gasteiger partial charge is 0.191 e. The summed E-state index contributed by atoms with van der Waals surface area (Å²) in [5.41, 5.74) is 2.45. The molecule has 1 unspecified atom stereocenters. The first-order chi connectivity index (χ1) is 12.8. The van der Waals surface area contributed by atoms with Crippen LogP contribution in [0.4, 0.5) is 0 Å². The van der Waals surface area contributed by atoms with Crippen LogP contribution in [0, 0.1) is 0 Å². The van der Waals surface area contributed by atoms with Crippen molar-refractivity contribution < 1.29 is 14.2 Å². The van der Waals surface area contributed by atoms with Crippen molar-refractivity contribution in [1.82, 2.24) is 10.6 Å². The number of aliphatic imine (C=N–C) groups is 1. The molecular formula is C20H34IN3O3. The first-order valence-corrected chi connectivity index (χ1v) is 9.62. The second-order valence-corrected chi connectivity index (χ2v) is 6.38. The summed E-state index contributed by atoms with van der Waals surface area (Å²) in [5.74, 6) is 0.804. The highest BCUT2D eigenvalue weighted by Crippen LogP contribution is 2.10. The molecule has 1 aliphatic heterocycles. The van der Waals surface area contributed by atoms with Crippen molar-refractivity contribution in [1.29, 1.82) is 0 Å². The van der Waals surface area contributed by atoms with E-state index in [1.165, 1.54) is 11.1 Å². The number of benzene rings is 1. The minimum atomic E-state index is 0. The lowest BCUT2D eigenvalue weighted by molar-refractivity contribution is 0.0420. The fraction of sp³-hybridized carbons (Fsp3) is 0.650. The van der Waals surface area contributed by atoms with E-state index in [-0.39, 0.29) is 30.1 Å². The molecule has 27 heavy (non-hydrogen) atoms. The van der Waals surface area contributed by atoms with Crippen molar-refractivity contribution in [3.05, 3.63) is 35.4 Å². The summed E-state index contributed by atoms with van der Waals surface area (Å²) < 4.78 is 16.8. The van der Waals surface area contributed by atoms with E-state index in [1.807, 2.05) is 0 Å². The highest BCUT2D eigenvalue weighted by molar-refractivity contribution is 14.0. The third-order valence-corrected chi connectivity index (χ3v) is 4.25. The lowest BCUT2D eigenvalue weighted by Gasteiger charge is -2.15. The maximum Gasteiger partial charge on any atom is 0.191 e. The van der Waals surface area contributed by atoms with Gasteiger partial charge in [-0.1, -0.05) is 31.2 Å². The molecule has 154 valence electrons. The Kier molecular flexibility index (Phi) is 13.5. The van der Waals surface area contributed by atoms with E-state index in [4.69, 9.17) is 14.2 Å². The van der Waals surface area contributed by atoms with Gasteiger partial charge in [0.15, 0.2) is 5.96 Å². The van der Waals surface area contributed by atoms with Gasteiger partial charge in [0.05, 0.1) is 19.3 Å². The number of ether oxygens (including phenoxy) is 3. The number of rotatable bonds is 11. The van der Waals surface area contributed by atoms with Crippen LogP contribution < -0.4 is 10.6 Å². The summed E-state index contributed by atoms with van der Waals surface area (Å²) in [4.78, 5) is 4.29. The zero-order chi connectivity index (χ0) is 18.5. The summed E-state index contributed by atoms with van der Waals surface area (Å²) >= 11 is 0. The third kappa shape index (κ3) is 9.73. The summed E-state index contributed by atoms with van der Waals surface area (Å²) in [7, 11) is 1.79.